The summed E-state index contributed by atoms with van der Waals surface area (Å²) in [6, 6.07) is 0.456. The first-order chi connectivity index (χ1) is 13.1. The van der Waals surface area contributed by atoms with Crippen LogP contribution in [0.5, 0.6) is 0 Å². The molecule has 1 N–H and O–H groups in total. The molecule has 0 saturated carbocycles. The highest BCUT2D eigenvalue weighted by Gasteiger charge is 2.38. The predicted octanol–water partition coefficient (Wildman–Crippen LogP) is 5.23. The van der Waals surface area contributed by atoms with Gasteiger partial charge in [0.05, 0.1) is 16.8 Å². The highest BCUT2D eigenvalue weighted by atomic mass is 19.4. The molecule has 1 aromatic heterocycles. The van der Waals surface area contributed by atoms with Gasteiger partial charge in [-0.1, -0.05) is 6.08 Å². The Morgan fingerprint density at radius 1 is 0.966 bits per heavy atom. The van der Waals surface area contributed by atoms with Crippen molar-refractivity contribution in [3.8, 4) is 0 Å². The van der Waals surface area contributed by atoms with Crippen LogP contribution in [0, 0.1) is 0 Å². The fraction of sp³-hybridized carbons (Fsp3) is 0.250. The van der Waals surface area contributed by atoms with Crippen molar-refractivity contribution in [1.82, 2.24) is 9.55 Å². The van der Waals surface area contributed by atoms with Gasteiger partial charge in [0.1, 0.15) is 0 Å². The van der Waals surface area contributed by atoms with Crippen molar-refractivity contribution in [2.24, 2.45) is 0 Å². The van der Waals surface area contributed by atoms with Crippen LogP contribution in [-0.4, -0.2) is 9.55 Å². The lowest BCUT2D eigenvalue weighted by Crippen LogP contribution is -2.27. The Morgan fingerprint density at radius 3 is 2.07 bits per heavy atom. The van der Waals surface area contributed by atoms with Gasteiger partial charge in [-0.3, -0.25) is 9.36 Å². The molecular weight excluding hydrogens is 421 g/mol. The topological polar surface area (TPSA) is 46.9 Å². The third-order valence-corrected chi connectivity index (χ3v) is 3.51. The lowest BCUT2D eigenvalue weighted by atomic mass is 10.1. The number of alkyl halides is 9. The van der Waals surface area contributed by atoms with Gasteiger partial charge in [0.25, 0.3) is 5.56 Å². The molecule has 0 spiro atoms. The molecule has 29 heavy (non-hydrogen) atoms. The molecule has 0 aliphatic heterocycles. The maximum atomic E-state index is 13.2. The zero-order valence-electron chi connectivity index (χ0n) is 14.0. The van der Waals surface area contributed by atoms with Crippen molar-refractivity contribution in [1.29, 1.82) is 0 Å². The Labute approximate surface area is 156 Å². The van der Waals surface area contributed by atoms with Crippen LogP contribution in [0.1, 0.15) is 16.8 Å². The molecule has 1 aromatic carbocycles. The maximum Gasteiger partial charge on any atom is 0.433 e. The molecule has 0 saturated heterocycles. The second-order valence-electron chi connectivity index (χ2n) is 5.58. The lowest BCUT2D eigenvalue weighted by molar-refractivity contribution is -0.141. The summed E-state index contributed by atoms with van der Waals surface area (Å²) in [4.78, 5) is 15.0. The summed E-state index contributed by atoms with van der Waals surface area (Å²) in [6.07, 6.45) is -14.2. The van der Waals surface area contributed by atoms with Gasteiger partial charge in [-0.2, -0.15) is 39.5 Å². The van der Waals surface area contributed by atoms with E-state index < -0.39 is 59.1 Å². The first-order valence-electron chi connectivity index (χ1n) is 7.50. The van der Waals surface area contributed by atoms with Gasteiger partial charge in [-0.15, -0.1) is 6.58 Å². The van der Waals surface area contributed by atoms with E-state index in [0.717, 1.165) is 6.08 Å². The van der Waals surface area contributed by atoms with Crippen molar-refractivity contribution >= 4 is 11.6 Å². The molecule has 0 unspecified atom stereocenters. The van der Waals surface area contributed by atoms with Crippen LogP contribution >= 0.6 is 0 Å². The van der Waals surface area contributed by atoms with Crippen LogP contribution < -0.4 is 10.9 Å². The van der Waals surface area contributed by atoms with Gasteiger partial charge in [-0.25, -0.2) is 4.98 Å². The molecular formula is C16H10F9N3O. The van der Waals surface area contributed by atoms with Crippen LogP contribution in [0.2, 0.25) is 0 Å². The van der Waals surface area contributed by atoms with Crippen molar-refractivity contribution in [2.75, 3.05) is 5.32 Å². The smallest absolute Gasteiger partial charge is 0.325 e. The van der Waals surface area contributed by atoms with Gasteiger partial charge < -0.3 is 5.32 Å². The number of allylic oxidation sites excluding steroid dienone is 1. The minimum absolute atomic E-state index is 0.0630. The molecule has 13 heteroatoms. The number of nitrogens with zero attached hydrogens (tertiary/aromatic N) is 2. The fourth-order valence-electron chi connectivity index (χ4n) is 2.24. The molecule has 0 radical (unpaired) electrons. The Kier molecular flexibility index (Phi) is 5.72. The number of nitrogens with one attached hydrogen (secondary N) is 1. The summed E-state index contributed by atoms with van der Waals surface area (Å²) in [6.45, 7) is 2.79. The molecule has 0 aliphatic carbocycles. The zero-order chi connectivity index (χ0) is 22.2. The number of rotatable bonds is 4. The normalized spacial score (nSPS) is 12.7. The van der Waals surface area contributed by atoms with E-state index in [1.54, 1.807) is 5.32 Å². The SMILES string of the molecule is C=CCn1c(Nc2cc(C(F)(F)F)ccc2C(F)(F)F)nc(C(F)(F)F)cc1=O. The Balaban J connectivity index is 2.72. The average molecular weight is 431 g/mol. The second-order valence-corrected chi connectivity index (χ2v) is 5.58. The minimum Gasteiger partial charge on any atom is -0.325 e. The molecule has 1 heterocycles. The number of hydrogen-bond donors (Lipinski definition) is 1. The highest BCUT2D eigenvalue weighted by molar-refractivity contribution is 5.61. The van der Waals surface area contributed by atoms with Crippen LogP contribution in [-0.2, 0) is 25.1 Å². The standard InChI is InChI=1S/C16H10F9N3O/c1-2-5-28-12(29)7-11(16(23,24)25)27-13(28)26-10-6-8(14(17,18)19)3-4-9(10)15(20,21)22/h2-4,6-7H,1,5H2,(H,26,27). The van der Waals surface area contributed by atoms with Crippen molar-refractivity contribution in [3.63, 3.8) is 0 Å². The maximum absolute atomic E-state index is 13.2. The predicted molar refractivity (Wildman–Crippen MR) is 83.4 cm³/mol. The Bertz CT molecular complexity index is 972. The van der Waals surface area contributed by atoms with Gasteiger partial charge >= 0.3 is 18.5 Å². The Morgan fingerprint density at radius 2 is 1.59 bits per heavy atom. The molecule has 0 fully saturated rings. The highest BCUT2D eigenvalue weighted by Crippen LogP contribution is 2.40. The largest absolute Gasteiger partial charge is 0.433 e. The second kappa shape index (κ2) is 7.44. The Hall–Kier alpha value is -2.99. The fourth-order valence-corrected chi connectivity index (χ4v) is 2.24. The van der Waals surface area contributed by atoms with Crippen LogP contribution in [0.25, 0.3) is 0 Å². The van der Waals surface area contributed by atoms with Gasteiger partial charge in [-0.05, 0) is 18.2 Å². The lowest BCUT2D eigenvalue weighted by Gasteiger charge is -2.19. The summed E-state index contributed by atoms with van der Waals surface area (Å²) in [5, 5.41) is 1.78. The first kappa shape index (κ1) is 22.3. The van der Waals surface area contributed by atoms with E-state index in [1.165, 1.54) is 0 Å². The average Bonchev–Trinajstić information content (AvgIpc) is 2.55. The molecule has 0 atom stereocenters. The third kappa shape index (κ3) is 5.09. The summed E-state index contributed by atoms with van der Waals surface area (Å²) in [5.74, 6) is -1.03. The van der Waals surface area contributed by atoms with Gasteiger partial charge in [0, 0.05) is 12.6 Å². The third-order valence-electron chi connectivity index (χ3n) is 3.51. The summed E-state index contributed by atoms with van der Waals surface area (Å²) < 4.78 is 117. The summed E-state index contributed by atoms with van der Waals surface area (Å²) in [7, 11) is 0. The van der Waals surface area contributed by atoms with E-state index >= 15 is 0 Å². The van der Waals surface area contributed by atoms with Crippen molar-refractivity contribution in [2.45, 2.75) is 25.1 Å². The molecule has 158 valence electrons. The molecule has 0 aliphatic rings. The quantitative estimate of drug-likeness (QED) is 0.533. The monoisotopic (exact) mass is 431 g/mol. The van der Waals surface area contributed by atoms with Crippen LogP contribution in [0.15, 0.2) is 41.7 Å². The first-order valence-corrected chi connectivity index (χ1v) is 7.50. The minimum atomic E-state index is -5.14. The van der Waals surface area contributed by atoms with Crippen molar-refractivity contribution < 1.29 is 39.5 Å². The van der Waals surface area contributed by atoms with E-state index in [2.05, 4.69) is 11.6 Å². The number of anilines is 2. The molecule has 0 amide bonds. The van der Waals surface area contributed by atoms with E-state index in [9.17, 15) is 44.3 Å². The van der Waals surface area contributed by atoms with E-state index in [-0.39, 0.29) is 24.3 Å². The van der Waals surface area contributed by atoms with Crippen LogP contribution in [0.4, 0.5) is 51.1 Å². The molecule has 0 bridgehead atoms. The van der Waals surface area contributed by atoms with Crippen molar-refractivity contribution in [3.05, 3.63) is 64.1 Å². The molecule has 2 rings (SSSR count). The number of aromatic nitrogens is 2. The number of halogens is 9. The molecule has 2 aromatic rings. The van der Waals surface area contributed by atoms with Gasteiger partial charge in [0.15, 0.2) is 5.69 Å². The summed E-state index contributed by atoms with van der Waals surface area (Å²) in [5.41, 5.74) is -7.34. The van der Waals surface area contributed by atoms with E-state index in [0.29, 0.717) is 4.57 Å². The molecule has 4 nitrogen and oxygen atoms in total. The number of hydrogen-bond acceptors (Lipinski definition) is 3. The van der Waals surface area contributed by atoms with Crippen LogP contribution in [0.3, 0.4) is 0 Å². The van der Waals surface area contributed by atoms with Gasteiger partial charge in [0.2, 0.25) is 5.95 Å². The van der Waals surface area contributed by atoms with E-state index in [1.807, 2.05) is 0 Å². The zero-order valence-corrected chi connectivity index (χ0v) is 14.0. The van der Waals surface area contributed by atoms with E-state index in [4.69, 9.17) is 0 Å². The number of benzene rings is 1. The summed E-state index contributed by atoms with van der Waals surface area (Å²) >= 11 is 0.